The number of rotatable bonds is 34. The first-order valence-corrected chi connectivity index (χ1v) is 17.8. The first-order chi connectivity index (χ1) is 27.6. The van der Waals surface area contributed by atoms with E-state index in [2.05, 4.69) is 81.7 Å². The smallest absolute Gasteiger partial charge is 0.216 e. The van der Waals surface area contributed by atoms with Crippen LogP contribution in [0, 0.1) is 53.5 Å². The van der Waals surface area contributed by atoms with Crippen LogP contribution in [0.25, 0.3) is 0 Å². The van der Waals surface area contributed by atoms with Crippen molar-refractivity contribution in [3.63, 3.8) is 0 Å². The van der Waals surface area contributed by atoms with Crippen LogP contribution in [0.5, 0.6) is 0 Å². The van der Waals surface area contributed by atoms with Gasteiger partial charge < -0.3 is 98.9 Å². The van der Waals surface area contributed by atoms with Crippen molar-refractivity contribution < 1.29 is 97.8 Å². The molecule has 0 aromatic carbocycles. The van der Waals surface area contributed by atoms with E-state index < -0.39 is 35.2 Å². The second kappa shape index (κ2) is 49.6. The molecule has 0 aliphatic carbocycles. The Morgan fingerprint density at radius 2 is 0.672 bits per heavy atom. The second-order valence-corrected chi connectivity index (χ2v) is 12.6. The predicted molar refractivity (Wildman–Crippen MR) is 206 cm³/mol. The summed E-state index contributed by atoms with van der Waals surface area (Å²) >= 11 is 0. The summed E-state index contributed by atoms with van der Waals surface area (Å²) in [5.41, 5.74) is -1.55. The van der Waals surface area contributed by atoms with E-state index in [1.807, 2.05) is 0 Å². The van der Waals surface area contributed by atoms with E-state index in [0.717, 1.165) is 0 Å². The van der Waals surface area contributed by atoms with Crippen LogP contribution in [0.2, 0.25) is 0 Å². The van der Waals surface area contributed by atoms with Gasteiger partial charge in [-0.2, -0.15) is 0 Å². The molecule has 22 nitrogen and oxygen atoms in total. The topological polar surface area (TPSA) is 312 Å². The molecule has 0 aromatic rings. The number of aliphatic hydroxyl groups excluding tert-OH is 8. The fraction of sp³-hybridized carbons (Fsp3) is 0.778. The van der Waals surface area contributed by atoms with Crippen LogP contribution in [0.1, 0.15) is 13.8 Å². The number of nitrogens with one attached hydrogen (secondary N) is 2. The van der Waals surface area contributed by atoms with Crippen molar-refractivity contribution in [3.05, 3.63) is 42.7 Å². The number of hydrogen-bond donors (Lipinski definition) is 10. The van der Waals surface area contributed by atoms with Gasteiger partial charge in [-0.3, -0.25) is 9.59 Å². The molecule has 0 bridgehead atoms. The fourth-order valence-corrected chi connectivity index (χ4v) is 3.60. The molecule has 358 valence electrons. The molecule has 10 N–H and O–H groups in total. The van der Waals surface area contributed by atoms with E-state index in [1.54, 1.807) is 0 Å². The van der Waals surface area contributed by atoms with Gasteiger partial charge in [-0.15, -0.1) is 0 Å². The molecule has 0 saturated carbocycles. The van der Waals surface area contributed by atoms with Crippen LogP contribution in [0.3, 0.4) is 0 Å². The minimum atomic E-state index is -0.774. The molecule has 4 atom stereocenters. The van der Waals surface area contributed by atoms with Gasteiger partial charge in [0.1, 0.15) is 12.2 Å². The van der Waals surface area contributed by atoms with E-state index in [1.165, 1.54) is 13.8 Å². The number of hydrogen-bond acceptors (Lipinski definition) is 20. The number of carbonyl (C=O) groups excluding carboxylic acids is 2. The minimum Gasteiger partial charge on any atom is -0.554 e. The Kier molecular flexibility index (Phi) is 57.5. The van der Waals surface area contributed by atoms with Gasteiger partial charge in [0.25, 0.3) is 0 Å². The normalized spacial score (nSPS) is 12.7. The van der Waals surface area contributed by atoms with Crippen LogP contribution < -0.4 is 10.6 Å². The van der Waals surface area contributed by atoms with Crippen LogP contribution >= 0.6 is 0 Å². The van der Waals surface area contributed by atoms with Crippen LogP contribution in [-0.2, 0) is 57.0 Å². The van der Waals surface area contributed by atoms with Gasteiger partial charge in [-0.05, 0) is 0 Å². The summed E-state index contributed by atoms with van der Waals surface area (Å²) in [6, 6.07) is 0. The van der Waals surface area contributed by atoms with Crippen molar-refractivity contribution in [2.75, 3.05) is 132 Å². The summed E-state index contributed by atoms with van der Waals surface area (Å²) in [6.07, 6.45) is -3.05. The summed E-state index contributed by atoms with van der Waals surface area (Å²) in [5, 5.41) is 77.9. The third kappa shape index (κ3) is 47.8. The molecule has 0 radical (unpaired) electrons. The van der Waals surface area contributed by atoms with E-state index in [0.29, 0.717) is 26.3 Å². The summed E-state index contributed by atoms with van der Waals surface area (Å²) in [6.45, 7) is 4.71. The predicted octanol–water partition coefficient (Wildman–Crippen LogP) is -3.48. The fourth-order valence-electron chi connectivity index (χ4n) is 3.60. The maximum absolute atomic E-state index is 10.5. The zero-order valence-electron chi connectivity index (χ0n) is 36.3. The summed E-state index contributed by atoms with van der Waals surface area (Å²) in [7, 11) is 18.9. The van der Waals surface area contributed by atoms with Crippen LogP contribution in [-0.4, -0.2) is 209 Å². The molecular formula is C36H72N2O20Rf3-6. The Balaban J connectivity index is -0.000000129. The van der Waals surface area contributed by atoms with Gasteiger partial charge in [0.05, 0.1) is 102 Å². The third-order valence-corrected chi connectivity index (χ3v) is 6.70. The van der Waals surface area contributed by atoms with E-state index in [-0.39, 0.29) is 118 Å². The minimum absolute atomic E-state index is 0. The number of amides is 2. The Hall–Kier alpha value is -4.78. The molecule has 4 unspecified atom stereocenters. The number of carbonyl (C=O) groups is 2. The van der Waals surface area contributed by atoms with Crippen molar-refractivity contribution in [2.24, 2.45) is 10.8 Å². The maximum atomic E-state index is 10.5. The molecule has 0 heterocycles. The van der Waals surface area contributed by atoms with Crippen molar-refractivity contribution >= 4 is 11.8 Å². The number of aliphatic hydroxyl groups is 8. The van der Waals surface area contributed by atoms with Crippen molar-refractivity contribution in [1.82, 2.24) is 10.6 Å². The van der Waals surface area contributed by atoms with Crippen molar-refractivity contribution in [2.45, 2.75) is 38.3 Å². The molecule has 0 fully saturated rings. The van der Waals surface area contributed by atoms with Gasteiger partial charge in [0, 0.05) is 66.6 Å². The molecule has 0 spiro atoms. The molecule has 25 heteroatoms. The average molecular weight is 1650 g/mol. The zero-order valence-corrected chi connectivity index (χ0v) is 55.5. The molecule has 0 rings (SSSR count). The molecule has 0 aromatic heterocycles. The van der Waals surface area contributed by atoms with E-state index >= 15 is 0 Å². The monoisotopic (exact) mass is 1650 g/mol. The van der Waals surface area contributed by atoms with Gasteiger partial charge in [0.2, 0.25) is 11.8 Å². The molecule has 0 aliphatic heterocycles. The molecule has 61 heavy (non-hydrogen) atoms. The van der Waals surface area contributed by atoms with Crippen molar-refractivity contribution in [1.29, 1.82) is 0 Å². The summed E-state index contributed by atoms with van der Waals surface area (Å²) in [5.74, 6) is -0.242. The first kappa shape index (κ1) is 70.8. The molecular weight excluding hydrogens is 1580 g/mol. The van der Waals surface area contributed by atoms with Gasteiger partial charge >= 0.3 is 0 Å². The number of ether oxygens (including phenoxy) is 10. The summed E-state index contributed by atoms with van der Waals surface area (Å²) < 4.78 is 47.5. The SMILES string of the molecule is [CH2-]OCC(CO)(CO)CO[CH2-].[CH2-]OCC(CO)(CO)CO[CH2-].[CH2-]OCC(O)COCC(O)COCCNC(C)=O.[CH2-]OCC(O)COCC(O)COCCNC(C)=O.[Rf].[Rf].[Rf]. The standard InChI is InChI=1S/2C11H22NO6.2C7H14O4.3Rf/c2*1-9(13)12-3-4-17-6-11(15)8-18-7-10(14)5-16-2;2*1-10-5-7(3-8,4-9)6-11-2;;;/h2*10-11,14-15H,2-8H2,1H3,(H,12,13);2*8-9H,1-6H2;;;/q2*-1;2*-2;;;. The van der Waals surface area contributed by atoms with Gasteiger partial charge in [-0.25, -0.2) is 42.7 Å². The van der Waals surface area contributed by atoms with E-state index in [9.17, 15) is 30.0 Å². The summed E-state index contributed by atoms with van der Waals surface area (Å²) in [4.78, 5) is 21.0. The second-order valence-electron chi connectivity index (χ2n) is 12.6. The van der Waals surface area contributed by atoms with Crippen molar-refractivity contribution in [3.8, 4) is 0 Å². The Bertz CT molecular complexity index is 806. The quantitative estimate of drug-likeness (QED) is 0.0221. The van der Waals surface area contributed by atoms with Crippen LogP contribution in [0.4, 0.5) is 0 Å². The maximum Gasteiger partial charge on any atom is 0.216 e. The Labute approximate surface area is 343 Å². The van der Waals surface area contributed by atoms with Crippen LogP contribution in [0.15, 0.2) is 0 Å². The average Bonchev–Trinajstić information content (AvgIpc) is 3.18. The first-order valence-electron chi connectivity index (χ1n) is 17.8. The molecule has 2 amide bonds. The largest absolute Gasteiger partial charge is 0.554 e. The Morgan fingerprint density at radius 3 is 0.869 bits per heavy atom. The van der Waals surface area contributed by atoms with Gasteiger partial charge in [0.15, 0.2) is 0 Å². The Morgan fingerprint density at radius 1 is 0.443 bits per heavy atom. The van der Waals surface area contributed by atoms with Gasteiger partial charge in [-0.1, -0.05) is 0 Å². The zero-order chi connectivity index (χ0) is 45.1. The third-order valence-electron chi connectivity index (χ3n) is 6.70. The molecule has 0 aliphatic rings. The molecule has 0 saturated heterocycles. The van der Waals surface area contributed by atoms with E-state index in [4.69, 9.17) is 39.4 Å².